The molecule has 0 bridgehead atoms. The first kappa shape index (κ1) is 7.77. The highest BCUT2D eigenvalue weighted by molar-refractivity contribution is 5.33. The average molecular weight is 163 g/mol. The Morgan fingerprint density at radius 2 is 2.08 bits per heavy atom. The van der Waals surface area contributed by atoms with Gasteiger partial charge in [0.15, 0.2) is 0 Å². The Labute approximate surface area is 72.3 Å². The van der Waals surface area contributed by atoms with Gasteiger partial charge in [-0.2, -0.15) is 0 Å². The van der Waals surface area contributed by atoms with E-state index >= 15 is 0 Å². The summed E-state index contributed by atoms with van der Waals surface area (Å²) in [5, 5.41) is 0. The van der Waals surface area contributed by atoms with Crippen molar-refractivity contribution in [1.29, 1.82) is 0 Å². The number of hydrogen-bond acceptors (Lipinski definition) is 2. The fraction of sp³-hybridized carbons (Fsp3) is 0.400. The van der Waals surface area contributed by atoms with Crippen LogP contribution in [0.15, 0.2) is 18.2 Å². The minimum atomic E-state index is 0.722. The molecule has 2 rings (SSSR count). The molecule has 1 aromatic carbocycles. The first-order chi connectivity index (χ1) is 5.90. The SMILES string of the molecule is NCCc1ccc2c(c1)COC2. The molecule has 2 heteroatoms. The van der Waals surface area contributed by atoms with Crippen molar-refractivity contribution < 1.29 is 4.74 Å². The van der Waals surface area contributed by atoms with Gasteiger partial charge in [-0.1, -0.05) is 18.2 Å². The molecule has 1 aromatic rings. The molecular formula is C10H13NO. The fourth-order valence-electron chi connectivity index (χ4n) is 1.55. The molecule has 0 amide bonds. The number of hydrogen-bond donors (Lipinski definition) is 1. The van der Waals surface area contributed by atoms with Crippen molar-refractivity contribution in [2.24, 2.45) is 5.73 Å². The minimum absolute atomic E-state index is 0.722. The van der Waals surface area contributed by atoms with Crippen LogP contribution in [0, 0.1) is 0 Å². The average Bonchev–Trinajstić information content (AvgIpc) is 2.51. The molecule has 12 heavy (non-hydrogen) atoms. The summed E-state index contributed by atoms with van der Waals surface area (Å²) in [5.41, 5.74) is 9.46. The molecule has 0 aromatic heterocycles. The van der Waals surface area contributed by atoms with Crippen LogP contribution in [0.3, 0.4) is 0 Å². The maximum atomic E-state index is 5.47. The third kappa shape index (κ3) is 1.36. The van der Waals surface area contributed by atoms with Gasteiger partial charge in [-0.3, -0.25) is 0 Å². The van der Waals surface area contributed by atoms with Crippen LogP contribution in [0.4, 0.5) is 0 Å². The van der Waals surface area contributed by atoms with E-state index < -0.39 is 0 Å². The molecular weight excluding hydrogens is 150 g/mol. The van der Waals surface area contributed by atoms with Gasteiger partial charge in [0, 0.05) is 0 Å². The lowest BCUT2D eigenvalue weighted by Gasteiger charge is -2.01. The molecule has 0 saturated heterocycles. The quantitative estimate of drug-likeness (QED) is 0.711. The molecule has 2 N–H and O–H groups in total. The minimum Gasteiger partial charge on any atom is -0.372 e. The van der Waals surface area contributed by atoms with Gasteiger partial charge in [0.2, 0.25) is 0 Å². The predicted octanol–water partition coefficient (Wildman–Crippen LogP) is 1.22. The fourth-order valence-corrected chi connectivity index (χ4v) is 1.55. The second-order valence-corrected chi connectivity index (χ2v) is 3.13. The molecule has 1 aliphatic heterocycles. The Kier molecular flexibility index (Phi) is 2.11. The molecule has 2 nitrogen and oxygen atoms in total. The smallest absolute Gasteiger partial charge is 0.0725 e. The van der Waals surface area contributed by atoms with Crippen molar-refractivity contribution in [1.82, 2.24) is 0 Å². The van der Waals surface area contributed by atoms with E-state index in [1.54, 1.807) is 0 Å². The van der Waals surface area contributed by atoms with Gasteiger partial charge in [0.25, 0.3) is 0 Å². The largest absolute Gasteiger partial charge is 0.372 e. The van der Waals surface area contributed by atoms with Crippen molar-refractivity contribution in [2.75, 3.05) is 6.54 Å². The molecule has 1 aliphatic rings. The zero-order valence-corrected chi connectivity index (χ0v) is 7.05. The van der Waals surface area contributed by atoms with E-state index in [0.717, 1.165) is 26.2 Å². The second kappa shape index (κ2) is 3.25. The Morgan fingerprint density at radius 3 is 2.92 bits per heavy atom. The van der Waals surface area contributed by atoms with Crippen molar-refractivity contribution in [3.05, 3.63) is 34.9 Å². The van der Waals surface area contributed by atoms with E-state index in [4.69, 9.17) is 10.5 Å². The van der Waals surface area contributed by atoms with Gasteiger partial charge in [0.1, 0.15) is 0 Å². The van der Waals surface area contributed by atoms with Gasteiger partial charge in [0.05, 0.1) is 13.2 Å². The van der Waals surface area contributed by atoms with Crippen molar-refractivity contribution in [3.8, 4) is 0 Å². The van der Waals surface area contributed by atoms with E-state index in [1.165, 1.54) is 16.7 Å². The second-order valence-electron chi connectivity index (χ2n) is 3.13. The van der Waals surface area contributed by atoms with Crippen LogP contribution < -0.4 is 5.73 Å². The summed E-state index contributed by atoms with van der Waals surface area (Å²) in [4.78, 5) is 0. The summed E-state index contributed by atoms with van der Waals surface area (Å²) in [6.45, 7) is 2.27. The zero-order chi connectivity index (χ0) is 8.39. The maximum Gasteiger partial charge on any atom is 0.0725 e. The number of nitrogens with two attached hydrogens (primary N) is 1. The van der Waals surface area contributed by atoms with E-state index in [-0.39, 0.29) is 0 Å². The normalized spacial score (nSPS) is 14.8. The molecule has 0 radical (unpaired) electrons. The Morgan fingerprint density at radius 1 is 1.25 bits per heavy atom. The van der Waals surface area contributed by atoms with Crippen LogP contribution in [0.5, 0.6) is 0 Å². The van der Waals surface area contributed by atoms with Gasteiger partial charge >= 0.3 is 0 Å². The molecule has 0 saturated carbocycles. The van der Waals surface area contributed by atoms with E-state index in [9.17, 15) is 0 Å². The monoisotopic (exact) mass is 163 g/mol. The van der Waals surface area contributed by atoms with Crippen LogP contribution in [-0.4, -0.2) is 6.54 Å². The summed E-state index contributed by atoms with van der Waals surface area (Å²) in [6, 6.07) is 6.49. The lowest BCUT2D eigenvalue weighted by Crippen LogP contribution is -2.02. The molecule has 0 aliphatic carbocycles. The number of fused-ring (bicyclic) bond motifs is 1. The molecule has 64 valence electrons. The van der Waals surface area contributed by atoms with Crippen molar-refractivity contribution in [3.63, 3.8) is 0 Å². The van der Waals surface area contributed by atoms with Gasteiger partial charge in [-0.25, -0.2) is 0 Å². The highest BCUT2D eigenvalue weighted by Gasteiger charge is 2.10. The highest BCUT2D eigenvalue weighted by atomic mass is 16.5. The number of benzene rings is 1. The van der Waals surface area contributed by atoms with Crippen LogP contribution in [0.25, 0.3) is 0 Å². The summed E-state index contributed by atoms with van der Waals surface area (Å²) < 4.78 is 5.32. The summed E-state index contributed by atoms with van der Waals surface area (Å²) in [7, 11) is 0. The van der Waals surface area contributed by atoms with Gasteiger partial charge in [-0.15, -0.1) is 0 Å². The van der Waals surface area contributed by atoms with Crippen molar-refractivity contribution >= 4 is 0 Å². The summed E-state index contributed by atoms with van der Waals surface area (Å²) in [5.74, 6) is 0. The number of rotatable bonds is 2. The van der Waals surface area contributed by atoms with Crippen LogP contribution in [0.2, 0.25) is 0 Å². The van der Waals surface area contributed by atoms with E-state index in [0.29, 0.717) is 0 Å². The lowest BCUT2D eigenvalue weighted by atomic mass is 10.0. The third-order valence-corrected chi connectivity index (χ3v) is 2.22. The van der Waals surface area contributed by atoms with E-state index in [1.807, 2.05) is 0 Å². The molecule has 0 fully saturated rings. The van der Waals surface area contributed by atoms with Crippen LogP contribution >= 0.6 is 0 Å². The van der Waals surface area contributed by atoms with Crippen molar-refractivity contribution in [2.45, 2.75) is 19.6 Å². The standard InChI is InChI=1S/C10H13NO/c11-4-3-8-1-2-9-6-12-7-10(9)5-8/h1-2,5H,3-4,6-7,11H2. The lowest BCUT2D eigenvalue weighted by molar-refractivity contribution is 0.134. The third-order valence-electron chi connectivity index (χ3n) is 2.22. The summed E-state index contributed by atoms with van der Waals surface area (Å²) >= 11 is 0. The highest BCUT2D eigenvalue weighted by Crippen LogP contribution is 2.20. The Hall–Kier alpha value is -0.860. The molecule has 1 heterocycles. The maximum absolute atomic E-state index is 5.47. The Balaban J connectivity index is 2.26. The Bertz CT molecular complexity index is 283. The summed E-state index contributed by atoms with van der Waals surface area (Å²) in [6.07, 6.45) is 0.966. The van der Waals surface area contributed by atoms with Crippen LogP contribution in [0.1, 0.15) is 16.7 Å². The molecule has 0 atom stereocenters. The van der Waals surface area contributed by atoms with Crippen LogP contribution in [-0.2, 0) is 24.4 Å². The zero-order valence-electron chi connectivity index (χ0n) is 7.05. The number of ether oxygens (including phenoxy) is 1. The van der Waals surface area contributed by atoms with Gasteiger partial charge in [-0.05, 0) is 29.7 Å². The first-order valence-corrected chi connectivity index (χ1v) is 4.28. The topological polar surface area (TPSA) is 35.2 Å². The van der Waals surface area contributed by atoms with Gasteiger partial charge < -0.3 is 10.5 Å². The van der Waals surface area contributed by atoms with E-state index in [2.05, 4.69) is 18.2 Å². The predicted molar refractivity (Wildman–Crippen MR) is 47.7 cm³/mol. The molecule has 0 unspecified atom stereocenters. The first-order valence-electron chi connectivity index (χ1n) is 4.28. The molecule has 0 spiro atoms.